The summed E-state index contributed by atoms with van der Waals surface area (Å²) >= 11 is 2.78. The van der Waals surface area contributed by atoms with Crippen LogP contribution in [0.4, 0.5) is 4.39 Å². The van der Waals surface area contributed by atoms with Crippen LogP contribution in [0.1, 0.15) is 49.2 Å². The van der Waals surface area contributed by atoms with Crippen molar-refractivity contribution in [1.29, 1.82) is 0 Å². The second-order valence-corrected chi connectivity index (χ2v) is 6.30. The van der Waals surface area contributed by atoms with Crippen LogP contribution in [0.15, 0.2) is 10.8 Å². The minimum absolute atomic E-state index is 0.00495. The second-order valence-electron chi connectivity index (χ2n) is 4.51. The first kappa shape index (κ1) is 13.7. The van der Waals surface area contributed by atoms with Gasteiger partial charge in [0.25, 0.3) is 0 Å². The van der Waals surface area contributed by atoms with Gasteiger partial charge in [0.2, 0.25) is 0 Å². The molecule has 0 radical (unpaired) electrons. The van der Waals surface area contributed by atoms with Gasteiger partial charge < -0.3 is 0 Å². The first-order valence-corrected chi connectivity index (χ1v) is 8.13. The summed E-state index contributed by atoms with van der Waals surface area (Å²) in [6.07, 6.45) is 3.77. The van der Waals surface area contributed by atoms with Crippen molar-refractivity contribution in [2.75, 3.05) is 0 Å². The quantitative estimate of drug-likeness (QED) is 0.640. The Bertz CT molecular complexity index is 541. The maximum atomic E-state index is 14.1. The fourth-order valence-corrected chi connectivity index (χ4v) is 4.18. The molecule has 0 saturated carbocycles. The molecule has 2 rings (SSSR count). The number of thiophene rings is 2. The Morgan fingerprint density at radius 1 is 1.39 bits per heavy atom. The van der Waals surface area contributed by atoms with E-state index < -0.39 is 0 Å². The first-order valence-electron chi connectivity index (χ1n) is 6.37. The molecule has 1 nitrogen and oxygen atoms in total. The van der Waals surface area contributed by atoms with E-state index in [4.69, 9.17) is 0 Å². The third-order valence-electron chi connectivity index (χ3n) is 3.27. The average Bonchev–Trinajstić information content (AvgIpc) is 2.93. The van der Waals surface area contributed by atoms with Gasteiger partial charge in [0.1, 0.15) is 4.88 Å². The smallest absolute Gasteiger partial charge is 0.178 e. The van der Waals surface area contributed by atoms with Crippen LogP contribution >= 0.6 is 22.7 Å². The summed E-state index contributed by atoms with van der Waals surface area (Å²) < 4.78 is 15.0. The van der Waals surface area contributed by atoms with Gasteiger partial charge in [0, 0.05) is 26.8 Å². The van der Waals surface area contributed by atoms with Gasteiger partial charge in [0.15, 0.2) is 11.6 Å². The molecule has 0 aliphatic heterocycles. The highest BCUT2D eigenvalue weighted by Gasteiger charge is 2.24. The van der Waals surface area contributed by atoms with E-state index >= 15 is 0 Å². The zero-order valence-electron chi connectivity index (χ0n) is 10.7. The molecule has 2 aromatic rings. The van der Waals surface area contributed by atoms with Crippen LogP contribution in [-0.2, 0) is 0 Å². The van der Waals surface area contributed by atoms with Crippen LogP contribution in [0.2, 0.25) is 0 Å². The Balaban J connectivity index is 2.26. The van der Waals surface area contributed by atoms with Gasteiger partial charge in [-0.25, -0.2) is 4.39 Å². The van der Waals surface area contributed by atoms with Crippen LogP contribution < -0.4 is 0 Å². The molecule has 2 heterocycles. The monoisotopic (exact) mass is 284 g/mol. The lowest BCUT2D eigenvalue weighted by Gasteiger charge is -2.11. The Morgan fingerprint density at radius 3 is 2.78 bits per heavy atom. The number of unbranched alkanes of at least 4 members (excludes halogenated alkanes) is 1. The third kappa shape index (κ3) is 2.50. The maximum absolute atomic E-state index is 14.1. The molecule has 0 fully saturated rings. The molecule has 0 aliphatic carbocycles. The van der Waals surface area contributed by atoms with Crippen LogP contribution in [-0.4, -0.2) is 5.78 Å². The highest BCUT2D eigenvalue weighted by Crippen LogP contribution is 2.35. The zero-order chi connectivity index (χ0) is 13.1. The molecule has 98 valence electrons. The van der Waals surface area contributed by atoms with E-state index in [1.807, 2.05) is 12.3 Å². The molecule has 1 unspecified atom stereocenters. The molecule has 4 heteroatoms. The summed E-state index contributed by atoms with van der Waals surface area (Å²) in [4.78, 5) is 12.7. The number of ketones is 1. The Labute approximate surface area is 115 Å². The van der Waals surface area contributed by atoms with Gasteiger partial charge in [-0.3, -0.25) is 4.79 Å². The molecule has 1 atom stereocenters. The van der Waals surface area contributed by atoms with Gasteiger partial charge in [-0.15, -0.1) is 11.3 Å². The van der Waals surface area contributed by atoms with Crippen molar-refractivity contribution >= 4 is 38.5 Å². The van der Waals surface area contributed by atoms with Crippen LogP contribution in [0.3, 0.4) is 0 Å². The number of rotatable bonds is 6. The van der Waals surface area contributed by atoms with Gasteiger partial charge in [0.05, 0.1) is 0 Å². The van der Waals surface area contributed by atoms with E-state index in [0.29, 0.717) is 10.3 Å². The molecule has 0 spiro atoms. The summed E-state index contributed by atoms with van der Waals surface area (Å²) in [7, 11) is 0. The second kappa shape index (κ2) is 5.93. The van der Waals surface area contributed by atoms with E-state index in [1.54, 1.807) is 5.38 Å². The molecule has 0 N–H and O–H groups in total. The van der Waals surface area contributed by atoms with Crippen molar-refractivity contribution < 1.29 is 9.18 Å². The lowest BCUT2D eigenvalue weighted by Crippen LogP contribution is -2.13. The Kier molecular flexibility index (Phi) is 4.51. The van der Waals surface area contributed by atoms with Crippen molar-refractivity contribution in [3.63, 3.8) is 0 Å². The normalized spacial score (nSPS) is 13.1. The molecule has 2 aromatic heterocycles. The van der Waals surface area contributed by atoms with Crippen molar-refractivity contribution in [3.8, 4) is 0 Å². The van der Waals surface area contributed by atoms with Gasteiger partial charge >= 0.3 is 0 Å². The van der Waals surface area contributed by atoms with Crippen LogP contribution in [0.5, 0.6) is 0 Å². The number of Topliss-reactive ketones (excluding diaryl/α,β-unsaturated/α-hetero) is 1. The van der Waals surface area contributed by atoms with Crippen molar-refractivity contribution in [3.05, 3.63) is 21.5 Å². The molecule has 0 saturated heterocycles. The number of carbonyl (C=O) groups is 1. The Hall–Kier alpha value is -0.740. The summed E-state index contributed by atoms with van der Waals surface area (Å²) in [5.41, 5.74) is 0. The largest absolute Gasteiger partial charge is 0.293 e. The number of halogens is 1. The van der Waals surface area contributed by atoms with E-state index in [2.05, 4.69) is 6.92 Å². The molecule has 0 amide bonds. The molecule has 0 bridgehead atoms. The van der Waals surface area contributed by atoms with Crippen LogP contribution in [0, 0.1) is 11.7 Å². The molecule has 0 aromatic carbocycles. The predicted molar refractivity (Wildman–Crippen MR) is 77.3 cm³/mol. The summed E-state index contributed by atoms with van der Waals surface area (Å²) in [5.74, 6) is -0.336. The zero-order valence-corrected chi connectivity index (χ0v) is 12.3. The lowest BCUT2D eigenvalue weighted by molar-refractivity contribution is 0.0909. The van der Waals surface area contributed by atoms with E-state index in [1.165, 1.54) is 22.7 Å². The highest BCUT2D eigenvalue weighted by atomic mass is 32.1. The summed E-state index contributed by atoms with van der Waals surface area (Å²) in [6, 6.07) is 0. The topological polar surface area (TPSA) is 17.1 Å². The maximum Gasteiger partial charge on any atom is 0.178 e. The van der Waals surface area contributed by atoms with E-state index in [0.717, 1.165) is 30.4 Å². The molecular formula is C14H17FOS2. The number of hydrogen-bond donors (Lipinski definition) is 0. The number of fused-ring (bicyclic) bond motifs is 1. The number of hydrogen-bond acceptors (Lipinski definition) is 3. The third-order valence-corrected chi connectivity index (χ3v) is 5.30. The molecule has 0 aliphatic rings. The SMILES string of the molecule is CCCCC(CC)C(=O)c1sc2cscc2c1F. The number of carbonyl (C=O) groups excluding carboxylic acids is 1. The average molecular weight is 284 g/mol. The molecular weight excluding hydrogens is 267 g/mol. The van der Waals surface area contributed by atoms with E-state index in [-0.39, 0.29) is 17.5 Å². The van der Waals surface area contributed by atoms with Crippen LogP contribution in [0.25, 0.3) is 10.1 Å². The van der Waals surface area contributed by atoms with Crippen molar-refractivity contribution in [2.45, 2.75) is 39.5 Å². The van der Waals surface area contributed by atoms with Gasteiger partial charge in [-0.1, -0.05) is 26.7 Å². The minimum atomic E-state index is -0.309. The Morgan fingerprint density at radius 2 is 2.17 bits per heavy atom. The van der Waals surface area contributed by atoms with Gasteiger partial charge in [-0.05, 0) is 12.8 Å². The summed E-state index contributed by atoms with van der Waals surface area (Å²) in [6.45, 7) is 4.12. The first-order chi connectivity index (χ1) is 8.69. The van der Waals surface area contributed by atoms with Crippen molar-refractivity contribution in [1.82, 2.24) is 0 Å². The summed E-state index contributed by atoms with van der Waals surface area (Å²) in [5, 5.41) is 4.30. The standard InChI is InChI=1S/C14H17FOS2/c1-3-5-6-9(4-2)13(16)14-12(15)10-7-17-8-11(10)18-14/h7-9H,3-6H2,1-2H3. The predicted octanol–water partition coefficient (Wildman–Crippen LogP) is 5.50. The van der Waals surface area contributed by atoms with Crippen molar-refractivity contribution in [2.24, 2.45) is 5.92 Å². The highest BCUT2D eigenvalue weighted by molar-refractivity contribution is 7.24. The van der Waals surface area contributed by atoms with Gasteiger partial charge in [-0.2, -0.15) is 11.3 Å². The lowest BCUT2D eigenvalue weighted by atomic mass is 9.94. The fourth-order valence-electron chi connectivity index (χ4n) is 2.12. The van der Waals surface area contributed by atoms with E-state index in [9.17, 15) is 9.18 Å². The fraction of sp³-hybridized carbons (Fsp3) is 0.500. The minimum Gasteiger partial charge on any atom is -0.293 e. The molecule has 18 heavy (non-hydrogen) atoms.